The van der Waals surface area contributed by atoms with E-state index in [2.05, 4.69) is 14.3 Å². The van der Waals surface area contributed by atoms with Crippen LogP contribution in [0.2, 0.25) is 0 Å². The quantitative estimate of drug-likeness (QED) is 0.485. The maximum Gasteiger partial charge on any atom is 0.405 e. The van der Waals surface area contributed by atoms with Crippen LogP contribution in [0.3, 0.4) is 0 Å². The van der Waals surface area contributed by atoms with E-state index in [4.69, 9.17) is 4.89 Å². The first-order valence-electron chi connectivity index (χ1n) is 3.22. The zero-order chi connectivity index (χ0) is 8.91. The number of nitrogens with one attached hydrogen (secondary N) is 1. The normalized spacial score (nSPS) is 16.8. The Labute approximate surface area is 66.3 Å². The first-order chi connectivity index (χ1) is 4.98. The number of hydrogen-bond acceptors (Lipinski definition) is 3. The van der Waals surface area contributed by atoms with Gasteiger partial charge in [0.1, 0.15) is 0 Å². The monoisotopic (exact) mass is 183 g/mol. The van der Waals surface area contributed by atoms with Gasteiger partial charge in [-0.2, -0.15) is 0 Å². The Balaban J connectivity index is 3.71. The average Bonchev–Trinajstić information content (AvgIpc) is 1.81. The van der Waals surface area contributed by atoms with Crippen molar-refractivity contribution < 1.29 is 18.7 Å². The van der Waals surface area contributed by atoms with Crippen LogP contribution < -0.4 is 5.09 Å². The van der Waals surface area contributed by atoms with Crippen LogP contribution in [0.5, 0.6) is 0 Å². The summed E-state index contributed by atoms with van der Waals surface area (Å²) in [5.74, 6) is 0. The van der Waals surface area contributed by atoms with E-state index in [9.17, 15) is 4.57 Å². The first-order valence-corrected chi connectivity index (χ1v) is 4.80. The molecule has 0 aliphatic carbocycles. The van der Waals surface area contributed by atoms with Gasteiger partial charge in [-0.05, 0) is 13.8 Å². The highest BCUT2D eigenvalue weighted by atomic mass is 31.2. The summed E-state index contributed by atoms with van der Waals surface area (Å²) in [5, 5.41) is 2.36. The summed E-state index contributed by atoms with van der Waals surface area (Å²) >= 11 is 0. The third-order valence-electron chi connectivity index (χ3n) is 0.767. The Morgan fingerprint density at radius 2 is 2.18 bits per heavy atom. The molecular weight excluding hydrogens is 169 g/mol. The molecule has 0 aromatic heterocycles. The van der Waals surface area contributed by atoms with Gasteiger partial charge in [-0.3, -0.25) is 4.52 Å². The second-order valence-electron chi connectivity index (χ2n) is 2.34. The molecule has 6 heteroatoms. The zero-order valence-electron chi connectivity index (χ0n) is 6.90. The summed E-state index contributed by atoms with van der Waals surface area (Å²) in [6.45, 7) is 3.31. The summed E-state index contributed by atoms with van der Waals surface area (Å²) in [5.41, 5.74) is 0. The van der Waals surface area contributed by atoms with E-state index in [1.165, 1.54) is 7.11 Å². The summed E-state index contributed by atoms with van der Waals surface area (Å²) in [6, 6.07) is -0.0947. The molecule has 1 atom stereocenters. The molecule has 0 saturated heterocycles. The van der Waals surface area contributed by atoms with Gasteiger partial charge >= 0.3 is 7.75 Å². The lowest BCUT2D eigenvalue weighted by molar-refractivity contribution is 0.0403. The number of methoxy groups -OCH3 is 1. The molecule has 0 aliphatic rings. The minimum atomic E-state index is -3.64. The lowest BCUT2D eigenvalue weighted by atomic mass is 10.4. The van der Waals surface area contributed by atoms with Crippen LogP contribution in [0.25, 0.3) is 0 Å². The van der Waals surface area contributed by atoms with Gasteiger partial charge in [-0.15, -0.1) is 0 Å². The van der Waals surface area contributed by atoms with Crippen LogP contribution in [0.1, 0.15) is 13.8 Å². The molecule has 5 nitrogen and oxygen atoms in total. The van der Waals surface area contributed by atoms with Crippen LogP contribution in [-0.4, -0.2) is 24.8 Å². The van der Waals surface area contributed by atoms with Crippen LogP contribution in [-0.2, 0) is 13.8 Å². The van der Waals surface area contributed by atoms with E-state index in [-0.39, 0.29) is 12.8 Å². The summed E-state index contributed by atoms with van der Waals surface area (Å²) < 4.78 is 19.9. The molecular formula is C5H14NO4P. The van der Waals surface area contributed by atoms with E-state index in [1.807, 2.05) is 0 Å². The van der Waals surface area contributed by atoms with Crippen LogP contribution in [0, 0.1) is 0 Å². The van der Waals surface area contributed by atoms with Gasteiger partial charge in [0.05, 0.1) is 0 Å². The molecule has 0 aromatic rings. The van der Waals surface area contributed by atoms with Crippen molar-refractivity contribution in [3.05, 3.63) is 0 Å². The predicted molar refractivity (Wildman–Crippen MR) is 41.1 cm³/mol. The third kappa shape index (κ3) is 6.47. The van der Waals surface area contributed by atoms with Crippen molar-refractivity contribution in [3.8, 4) is 0 Å². The first kappa shape index (κ1) is 11.1. The molecule has 68 valence electrons. The van der Waals surface area contributed by atoms with E-state index < -0.39 is 7.75 Å². The van der Waals surface area contributed by atoms with Gasteiger partial charge in [0, 0.05) is 13.2 Å². The van der Waals surface area contributed by atoms with Gasteiger partial charge in [-0.25, -0.2) is 9.65 Å². The number of rotatable bonds is 5. The molecule has 0 fully saturated rings. The van der Waals surface area contributed by atoms with Gasteiger partial charge < -0.3 is 9.63 Å². The van der Waals surface area contributed by atoms with Crippen LogP contribution >= 0.6 is 7.75 Å². The Morgan fingerprint density at radius 1 is 1.64 bits per heavy atom. The lowest BCUT2D eigenvalue weighted by Gasteiger charge is -2.14. The largest absolute Gasteiger partial charge is 0.405 e. The fourth-order valence-electron chi connectivity index (χ4n) is 0.488. The van der Waals surface area contributed by atoms with Crippen molar-refractivity contribution in [1.29, 1.82) is 0 Å². The van der Waals surface area contributed by atoms with Crippen molar-refractivity contribution in [1.82, 2.24) is 5.09 Å². The standard InChI is InChI=1S/C5H14NO4P/c1-5(2)6-11(7,8)10-4-9-3/h5H,4H2,1-3H3,(H2,6,7,8). The lowest BCUT2D eigenvalue weighted by Crippen LogP contribution is -2.20. The van der Waals surface area contributed by atoms with Gasteiger partial charge in [-0.1, -0.05) is 0 Å². The Morgan fingerprint density at radius 3 is 2.55 bits per heavy atom. The van der Waals surface area contributed by atoms with Crippen molar-refractivity contribution in [2.45, 2.75) is 19.9 Å². The number of ether oxygens (including phenoxy) is 1. The fourth-order valence-corrected chi connectivity index (χ4v) is 1.46. The van der Waals surface area contributed by atoms with Crippen molar-refractivity contribution >= 4 is 7.75 Å². The van der Waals surface area contributed by atoms with Gasteiger partial charge in [0.25, 0.3) is 0 Å². The third-order valence-corrected chi connectivity index (χ3v) is 2.06. The molecule has 0 radical (unpaired) electrons. The zero-order valence-corrected chi connectivity index (χ0v) is 7.80. The smallest absolute Gasteiger partial charge is 0.358 e. The molecule has 0 saturated carbocycles. The van der Waals surface area contributed by atoms with Crippen molar-refractivity contribution in [2.24, 2.45) is 0 Å². The van der Waals surface area contributed by atoms with E-state index in [1.54, 1.807) is 13.8 Å². The van der Waals surface area contributed by atoms with Crippen molar-refractivity contribution in [3.63, 3.8) is 0 Å². The Kier molecular flexibility index (Phi) is 4.88. The SMILES string of the molecule is COCOP(=O)(O)NC(C)C. The summed E-state index contributed by atoms with van der Waals surface area (Å²) in [7, 11) is -2.26. The van der Waals surface area contributed by atoms with E-state index in [0.717, 1.165) is 0 Å². The van der Waals surface area contributed by atoms with E-state index >= 15 is 0 Å². The topological polar surface area (TPSA) is 67.8 Å². The molecule has 0 bridgehead atoms. The fraction of sp³-hybridized carbons (Fsp3) is 1.00. The minimum absolute atomic E-state index is 0.0947. The molecule has 2 N–H and O–H groups in total. The molecule has 0 amide bonds. The Hall–Kier alpha value is 0.0700. The Bertz CT molecular complexity index is 149. The van der Waals surface area contributed by atoms with Gasteiger partial charge in [0.15, 0.2) is 6.79 Å². The molecule has 0 rings (SSSR count). The molecule has 0 heterocycles. The molecule has 0 spiro atoms. The highest BCUT2D eigenvalue weighted by Crippen LogP contribution is 2.36. The second kappa shape index (κ2) is 4.85. The maximum atomic E-state index is 10.9. The minimum Gasteiger partial charge on any atom is -0.358 e. The van der Waals surface area contributed by atoms with Gasteiger partial charge in [0.2, 0.25) is 0 Å². The van der Waals surface area contributed by atoms with E-state index in [0.29, 0.717) is 0 Å². The number of hydrogen-bond donors (Lipinski definition) is 2. The molecule has 0 aromatic carbocycles. The predicted octanol–water partition coefficient (Wildman–Crippen LogP) is 0.705. The van der Waals surface area contributed by atoms with Crippen LogP contribution in [0.4, 0.5) is 0 Å². The molecule has 11 heavy (non-hydrogen) atoms. The second-order valence-corrected chi connectivity index (χ2v) is 3.90. The molecule has 0 aliphatic heterocycles. The van der Waals surface area contributed by atoms with Crippen molar-refractivity contribution in [2.75, 3.05) is 13.9 Å². The van der Waals surface area contributed by atoms with Crippen LogP contribution in [0.15, 0.2) is 0 Å². The summed E-state index contributed by atoms with van der Waals surface area (Å²) in [4.78, 5) is 8.96. The average molecular weight is 183 g/mol. The highest BCUT2D eigenvalue weighted by Gasteiger charge is 2.19. The summed E-state index contributed by atoms with van der Waals surface area (Å²) in [6.07, 6.45) is 0. The highest BCUT2D eigenvalue weighted by molar-refractivity contribution is 7.50. The maximum absolute atomic E-state index is 10.9. The molecule has 1 unspecified atom stereocenters.